The van der Waals surface area contributed by atoms with Crippen LogP contribution in [-0.4, -0.2) is 13.1 Å². The number of nitrogens with one attached hydrogen (secondary N) is 1. The standard InChI is InChI=1S/C18H33N/c1-3-8-15(9-4-1)18(16-10-5-2-6-11-16)17-12-7-13-19-14-17/h15-19H,1-14H2. The van der Waals surface area contributed by atoms with Crippen molar-refractivity contribution in [2.45, 2.75) is 77.0 Å². The molecule has 0 radical (unpaired) electrons. The second-order valence-electron chi connectivity index (χ2n) is 7.48. The molecule has 1 heterocycles. The van der Waals surface area contributed by atoms with Gasteiger partial charge >= 0.3 is 0 Å². The van der Waals surface area contributed by atoms with Crippen molar-refractivity contribution in [1.29, 1.82) is 0 Å². The van der Waals surface area contributed by atoms with Crippen LogP contribution in [0.25, 0.3) is 0 Å². The highest BCUT2D eigenvalue weighted by molar-refractivity contribution is 4.88. The zero-order valence-corrected chi connectivity index (χ0v) is 12.7. The Kier molecular flexibility index (Phi) is 5.21. The molecule has 3 fully saturated rings. The van der Waals surface area contributed by atoms with E-state index in [0.29, 0.717) is 0 Å². The van der Waals surface area contributed by atoms with Gasteiger partial charge in [-0.15, -0.1) is 0 Å². The van der Waals surface area contributed by atoms with Crippen LogP contribution in [0.15, 0.2) is 0 Å². The van der Waals surface area contributed by atoms with Gasteiger partial charge in [-0.2, -0.15) is 0 Å². The van der Waals surface area contributed by atoms with Gasteiger partial charge in [0.1, 0.15) is 0 Å². The first-order chi connectivity index (χ1) is 9.45. The molecule has 1 atom stereocenters. The molecule has 1 nitrogen and oxygen atoms in total. The molecular formula is C18H33N. The Morgan fingerprint density at radius 3 is 1.58 bits per heavy atom. The molecule has 1 aliphatic heterocycles. The second kappa shape index (κ2) is 7.11. The molecule has 0 aromatic rings. The zero-order chi connectivity index (χ0) is 12.9. The maximum atomic E-state index is 3.69. The van der Waals surface area contributed by atoms with Crippen LogP contribution in [0.4, 0.5) is 0 Å². The monoisotopic (exact) mass is 263 g/mol. The van der Waals surface area contributed by atoms with Crippen molar-refractivity contribution in [2.24, 2.45) is 23.7 Å². The van der Waals surface area contributed by atoms with Crippen LogP contribution in [0.3, 0.4) is 0 Å². The van der Waals surface area contributed by atoms with E-state index in [1.165, 1.54) is 64.5 Å². The van der Waals surface area contributed by atoms with Gasteiger partial charge < -0.3 is 5.32 Å². The summed E-state index contributed by atoms with van der Waals surface area (Å²) in [5, 5.41) is 3.69. The SMILES string of the molecule is C1CCC(C(C2CCCCC2)C2CCCNC2)CC1. The number of rotatable bonds is 3. The van der Waals surface area contributed by atoms with Crippen LogP contribution in [0.2, 0.25) is 0 Å². The lowest BCUT2D eigenvalue weighted by atomic mass is 9.63. The molecular weight excluding hydrogens is 230 g/mol. The van der Waals surface area contributed by atoms with Crippen molar-refractivity contribution in [3.63, 3.8) is 0 Å². The van der Waals surface area contributed by atoms with Gasteiger partial charge in [-0.1, -0.05) is 64.2 Å². The summed E-state index contributed by atoms with van der Waals surface area (Å²) in [6.07, 6.45) is 18.3. The van der Waals surface area contributed by atoms with E-state index in [0.717, 1.165) is 23.7 Å². The summed E-state index contributed by atoms with van der Waals surface area (Å²) >= 11 is 0. The summed E-state index contributed by atoms with van der Waals surface area (Å²) in [7, 11) is 0. The fraction of sp³-hybridized carbons (Fsp3) is 1.00. The Bertz CT molecular complexity index is 202. The van der Waals surface area contributed by atoms with E-state index in [9.17, 15) is 0 Å². The van der Waals surface area contributed by atoms with Gasteiger partial charge in [0, 0.05) is 0 Å². The highest BCUT2D eigenvalue weighted by Gasteiger charge is 2.36. The molecule has 1 saturated heterocycles. The highest BCUT2D eigenvalue weighted by atomic mass is 14.9. The summed E-state index contributed by atoms with van der Waals surface area (Å²) in [6.45, 7) is 2.61. The Morgan fingerprint density at radius 2 is 1.11 bits per heavy atom. The first-order valence-corrected chi connectivity index (χ1v) is 9.16. The third-order valence-electron chi connectivity index (χ3n) is 6.27. The molecule has 1 heteroatoms. The third-order valence-corrected chi connectivity index (χ3v) is 6.27. The normalized spacial score (nSPS) is 31.7. The minimum absolute atomic E-state index is 1.01. The van der Waals surface area contributed by atoms with Gasteiger partial charge in [0.2, 0.25) is 0 Å². The maximum Gasteiger partial charge on any atom is -0.00177 e. The van der Waals surface area contributed by atoms with Crippen molar-refractivity contribution in [2.75, 3.05) is 13.1 Å². The number of hydrogen-bond acceptors (Lipinski definition) is 1. The quantitative estimate of drug-likeness (QED) is 0.774. The molecule has 3 aliphatic rings. The molecule has 1 N–H and O–H groups in total. The van der Waals surface area contributed by atoms with Crippen LogP contribution < -0.4 is 5.32 Å². The molecule has 1 unspecified atom stereocenters. The van der Waals surface area contributed by atoms with Gasteiger partial charge in [-0.25, -0.2) is 0 Å². The minimum Gasteiger partial charge on any atom is -0.316 e. The lowest BCUT2D eigenvalue weighted by molar-refractivity contribution is 0.0735. The average Bonchev–Trinajstić information content (AvgIpc) is 2.51. The molecule has 0 bridgehead atoms. The Labute approximate surface area is 119 Å². The molecule has 0 amide bonds. The summed E-state index contributed by atoms with van der Waals surface area (Å²) in [6, 6.07) is 0. The summed E-state index contributed by atoms with van der Waals surface area (Å²) in [5.41, 5.74) is 0. The van der Waals surface area contributed by atoms with Crippen LogP contribution in [0.5, 0.6) is 0 Å². The third kappa shape index (κ3) is 3.54. The predicted octanol–water partition coefficient (Wildman–Crippen LogP) is 4.76. The van der Waals surface area contributed by atoms with Gasteiger partial charge in [0.15, 0.2) is 0 Å². The van der Waals surface area contributed by atoms with E-state index in [1.807, 2.05) is 0 Å². The Balaban J connectivity index is 1.68. The Morgan fingerprint density at radius 1 is 0.579 bits per heavy atom. The van der Waals surface area contributed by atoms with Crippen molar-refractivity contribution in [3.05, 3.63) is 0 Å². The fourth-order valence-corrected chi connectivity index (χ4v) is 5.40. The fourth-order valence-electron chi connectivity index (χ4n) is 5.40. The number of hydrogen-bond donors (Lipinski definition) is 1. The van der Waals surface area contributed by atoms with E-state index in [2.05, 4.69) is 5.32 Å². The Hall–Kier alpha value is -0.0400. The molecule has 0 spiro atoms. The second-order valence-corrected chi connectivity index (χ2v) is 7.48. The average molecular weight is 263 g/mol. The molecule has 2 aliphatic carbocycles. The van der Waals surface area contributed by atoms with E-state index < -0.39 is 0 Å². The van der Waals surface area contributed by atoms with Crippen LogP contribution in [-0.2, 0) is 0 Å². The van der Waals surface area contributed by atoms with Crippen LogP contribution in [0.1, 0.15) is 77.0 Å². The molecule has 0 aromatic carbocycles. The van der Waals surface area contributed by atoms with Crippen molar-refractivity contribution in [3.8, 4) is 0 Å². The van der Waals surface area contributed by atoms with Gasteiger partial charge in [0.05, 0.1) is 0 Å². The van der Waals surface area contributed by atoms with E-state index in [1.54, 1.807) is 25.7 Å². The molecule has 110 valence electrons. The first kappa shape index (κ1) is 13.9. The van der Waals surface area contributed by atoms with Crippen molar-refractivity contribution < 1.29 is 0 Å². The number of piperidine rings is 1. The predicted molar refractivity (Wildman–Crippen MR) is 82.2 cm³/mol. The summed E-state index contributed by atoms with van der Waals surface area (Å²) < 4.78 is 0. The smallest absolute Gasteiger partial charge is 0.00177 e. The van der Waals surface area contributed by atoms with Crippen LogP contribution in [0, 0.1) is 23.7 Å². The molecule has 19 heavy (non-hydrogen) atoms. The van der Waals surface area contributed by atoms with E-state index in [4.69, 9.17) is 0 Å². The maximum absolute atomic E-state index is 3.69. The lowest BCUT2D eigenvalue weighted by Gasteiger charge is -2.44. The van der Waals surface area contributed by atoms with Crippen molar-refractivity contribution in [1.82, 2.24) is 5.32 Å². The topological polar surface area (TPSA) is 12.0 Å². The molecule has 0 aromatic heterocycles. The van der Waals surface area contributed by atoms with Gasteiger partial charge in [-0.3, -0.25) is 0 Å². The molecule has 2 saturated carbocycles. The van der Waals surface area contributed by atoms with E-state index in [-0.39, 0.29) is 0 Å². The first-order valence-electron chi connectivity index (χ1n) is 9.16. The zero-order valence-electron chi connectivity index (χ0n) is 12.7. The highest BCUT2D eigenvalue weighted by Crippen LogP contribution is 2.45. The van der Waals surface area contributed by atoms with Crippen LogP contribution >= 0.6 is 0 Å². The van der Waals surface area contributed by atoms with Gasteiger partial charge in [0.25, 0.3) is 0 Å². The van der Waals surface area contributed by atoms with Crippen molar-refractivity contribution >= 4 is 0 Å². The lowest BCUT2D eigenvalue weighted by Crippen LogP contribution is -2.41. The largest absolute Gasteiger partial charge is 0.316 e. The van der Waals surface area contributed by atoms with E-state index >= 15 is 0 Å². The van der Waals surface area contributed by atoms with Gasteiger partial charge in [-0.05, 0) is 49.6 Å². The molecule has 3 rings (SSSR count). The summed E-state index contributed by atoms with van der Waals surface area (Å²) in [4.78, 5) is 0. The summed E-state index contributed by atoms with van der Waals surface area (Å²) in [5.74, 6) is 4.26. The minimum atomic E-state index is 1.01.